The predicted molar refractivity (Wildman–Crippen MR) is 159 cm³/mol. The van der Waals surface area contributed by atoms with Gasteiger partial charge in [0.05, 0.1) is 11.8 Å². The molecule has 43 heavy (non-hydrogen) atoms. The maximum absolute atomic E-state index is 13.6. The van der Waals surface area contributed by atoms with Gasteiger partial charge in [0.2, 0.25) is 17.7 Å². The maximum Gasteiger partial charge on any atom is 0.306 e. The molecule has 9 nitrogen and oxygen atoms in total. The SMILES string of the molecule is CC(=O)Nc1ccc(NC(=O)COC(=O)CCCCCN2C(=O)[C@H]3C4c5ccccc5C(c5ccccc54)[C@@H]3C2=O)cc1. The van der Waals surface area contributed by atoms with Crippen LogP contribution < -0.4 is 10.6 Å². The molecular weight excluding hydrogens is 546 g/mol. The van der Waals surface area contributed by atoms with Crippen molar-refractivity contribution in [1.29, 1.82) is 0 Å². The Bertz CT molecular complexity index is 1480. The van der Waals surface area contributed by atoms with E-state index in [9.17, 15) is 24.0 Å². The number of imide groups is 1. The van der Waals surface area contributed by atoms with E-state index in [0.717, 1.165) is 22.3 Å². The van der Waals surface area contributed by atoms with Gasteiger partial charge in [-0.3, -0.25) is 28.9 Å². The van der Waals surface area contributed by atoms with E-state index < -0.39 is 18.5 Å². The van der Waals surface area contributed by atoms with E-state index in [1.165, 1.54) is 11.8 Å². The first-order valence-electron chi connectivity index (χ1n) is 14.7. The summed E-state index contributed by atoms with van der Waals surface area (Å²) in [7, 11) is 0. The second kappa shape index (κ2) is 11.8. The number of ether oxygens (including phenoxy) is 1. The van der Waals surface area contributed by atoms with Crippen LogP contribution in [0.1, 0.15) is 66.7 Å². The van der Waals surface area contributed by atoms with Gasteiger partial charge in [0.1, 0.15) is 0 Å². The fourth-order valence-electron chi connectivity index (χ4n) is 6.93. The summed E-state index contributed by atoms with van der Waals surface area (Å²) in [4.78, 5) is 64.2. The van der Waals surface area contributed by atoms with Gasteiger partial charge in [-0.05, 0) is 59.4 Å². The molecule has 0 unspecified atom stereocenters. The van der Waals surface area contributed by atoms with E-state index in [4.69, 9.17) is 4.74 Å². The number of nitrogens with zero attached hydrogens (tertiary/aromatic N) is 1. The molecule has 0 spiro atoms. The molecule has 2 atom stereocenters. The standard InChI is InChI=1S/C34H33N3O6/c1-20(38)35-21-14-16-22(17-15-21)36-27(39)19-43-28(40)13-3-2-8-18-37-33(41)31-29-23-9-4-5-10-24(23)30(32(31)34(37)42)26-12-7-6-11-25(26)29/h4-7,9-12,14-17,29-32H,2-3,8,13,18-19H2,1H3,(H,35,38)(H,36,39)/t29?,30?,31-,32-/m0/s1. The van der Waals surface area contributed by atoms with E-state index in [0.29, 0.717) is 37.2 Å². The smallest absolute Gasteiger partial charge is 0.306 e. The predicted octanol–water partition coefficient (Wildman–Crippen LogP) is 4.58. The largest absolute Gasteiger partial charge is 0.456 e. The van der Waals surface area contributed by atoms with Crippen molar-refractivity contribution in [1.82, 2.24) is 4.90 Å². The van der Waals surface area contributed by atoms with Gasteiger partial charge in [0.15, 0.2) is 6.61 Å². The van der Waals surface area contributed by atoms with Crippen LogP contribution in [0.3, 0.4) is 0 Å². The molecule has 4 amide bonds. The number of unbranched alkanes of at least 4 members (excludes halogenated alkanes) is 2. The molecule has 0 radical (unpaired) electrons. The molecule has 1 saturated heterocycles. The zero-order valence-corrected chi connectivity index (χ0v) is 23.9. The van der Waals surface area contributed by atoms with E-state index in [2.05, 4.69) is 34.9 Å². The molecule has 2 bridgehead atoms. The molecular formula is C34H33N3O6. The second-order valence-electron chi connectivity index (χ2n) is 11.4. The lowest BCUT2D eigenvalue weighted by Crippen LogP contribution is -2.41. The minimum Gasteiger partial charge on any atom is -0.456 e. The first-order chi connectivity index (χ1) is 20.8. The van der Waals surface area contributed by atoms with E-state index >= 15 is 0 Å². The van der Waals surface area contributed by atoms with Crippen molar-refractivity contribution in [3.63, 3.8) is 0 Å². The molecule has 3 aromatic rings. The average molecular weight is 580 g/mol. The number of likely N-dealkylation sites (tertiary alicyclic amines) is 1. The highest BCUT2D eigenvalue weighted by molar-refractivity contribution is 6.07. The van der Waals surface area contributed by atoms with Gasteiger partial charge in [0.25, 0.3) is 5.91 Å². The Balaban J connectivity index is 0.963. The highest BCUT2D eigenvalue weighted by Crippen LogP contribution is 2.60. The van der Waals surface area contributed by atoms with E-state index in [1.54, 1.807) is 24.3 Å². The van der Waals surface area contributed by atoms with Crippen molar-refractivity contribution in [3.05, 3.63) is 95.1 Å². The molecule has 2 N–H and O–H groups in total. The van der Waals surface area contributed by atoms with Crippen molar-refractivity contribution in [2.24, 2.45) is 11.8 Å². The van der Waals surface area contributed by atoms with Gasteiger partial charge in [-0.15, -0.1) is 0 Å². The molecule has 3 aromatic carbocycles. The van der Waals surface area contributed by atoms with E-state index in [1.807, 2.05) is 24.3 Å². The van der Waals surface area contributed by atoms with E-state index in [-0.39, 0.29) is 47.8 Å². The van der Waals surface area contributed by atoms with Crippen LogP contribution >= 0.6 is 0 Å². The highest BCUT2D eigenvalue weighted by Gasteiger charge is 2.61. The molecule has 7 rings (SSSR count). The minimum atomic E-state index is -0.484. The van der Waals surface area contributed by atoms with Gasteiger partial charge in [-0.2, -0.15) is 0 Å². The number of anilines is 2. The summed E-state index contributed by atoms with van der Waals surface area (Å²) in [6.07, 6.45) is 1.90. The molecule has 1 aliphatic heterocycles. The van der Waals surface area contributed by atoms with Crippen LogP contribution in [0.15, 0.2) is 72.8 Å². The number of hydrogen-bond acceptors (Lipinski definition) is 6. The molecule has 220 valence electrons. The third-order valence-electron chi connectivity index (χ3n) is 8.66. The number of rotatable bonds is 10. The van der Waals surface area contributed by atoms with Gasteiger partial charge in [0, 0.05) is 43.1 Å². The summed E-state index contributed by atoms with van der Waals surface area (Å²) in [5, 5.41) is 5.28. The highest BCUT2D eigenvalue weighted by atomic mass is 16.5. The van der Waals surface area contributed by atoms with Gasteiger partial charge < -0.3 is 15.4 Å². The molecule has 3 aliphatic carbocycles. The van der Waals surface area contributed by atoms with Gasteiger partial charge in [-0.25, -0.2) is 0 Å². The minimum absolute atomic E-state index is 0.0933. The second-order valence-corrected chi connectivity index (χ2v) is 11.4. The lowest BCUT2D eigenvalue weighted by Gasteiger charge is -2.45. The Hall–Kier alpha value is -4.79. The number of hydrogen-bond donors (Lipinski definition) is 2. The first kappa shape index (κ1) is 28.3. The van der Waals surface area contributed by atoms with Crippen LogP contribution in [0.4, 0.5) is 11.4 Å². The Morgan fingerprint density at radius 1 is 0.698 bits per heavy atom. The Morgan fingerprint density at radius 2 is 1.19 bits per heavy atom. The zero-order valence-electron chi connectivity index (χ0n) is 23.9. The summed E-state index contributed by atoms with van der Waals surface area (Å²) in [5.41, 5.74) is 5.74. The zero-order chi connectivity index (χ0) is 30.1. The van der Waals surface area contributed by atoms with Crippen molar-refractivity contribution >= 4 is 41.0 Å². The third kappa shape index (κ3) is 5.43. The summed E-state index contributed by atoms with van der Waals surface area (Å²) < 4.78 is 5.10. The molecule has 1 fully saturated rings. The number of esters is 1. The summed E-state index contributed by atoms with van der Waals surface area (Å²) >= 11 is 0. The fraction of sp³-hybridized carbons (Fsp3) is 0.324. The number of carbonyl (C=O) groups is 5. The molecule has 0 saturated carbocycles. The van der Waals surface area contributed by atoms with Crippen LogP contribution in [0.2, 0.25) is 0 Å². The summed E-state index contributed by atoms with van der Waals surface area (Å²) in [6, 6.07) is 23.0. The monoisotopic (exact) mass is 579 g/mol. The van der Waals surface area contributed by atoms with Crippen molar-refractivity contribution in [3.8, 4) is 0 Å². The van der Waals surface area contributed by atoms with Crippen LogP contribution in [0.25, 0.3) is 0 Å². The van der Waals surface area contributed by atoms with Gasteiger partial charge in [-0.1, -0.05) is 55.0 Å². The quantitative estimate of drug-likeness (QED) is 0.206. The van der Waals surface area contributed by atoms with Gasteiger partial charge >= 0.3 is 5.97 Å². The fourth-order valence-corrected chi connectivity index (χ4v) is 6.93. The first-order valence-corrected chi connectivity index (χ1v) is 14.7. The lowest BCUT2D eigenvalue weighted by atomic mass is 9.55. The van der Waals surface area contributed by atoms with Crippen molar-refractivity contribution < 1.29 is 28.7 Å². The normalized spacial score (nSPS) is 21.1. The third-order valence-corrected chi connectivity index (χ3v) is 8.66. The van der Waals surface area contributed by atoms with Crippen molar-refractivity contribution in [2.75, 3.05) is 23.8 Å². The maximum atomic E-state index is 13.6. The van der Waals surface area contributed by atoms with Crippen LogP contribution in [0, 0.1) is 11.8 Å². The molecule has 0 aromatic heterocycles. The summed E-state index contributed by atoms with van der Waals surface area (Å²) in [5.74, 6) is -2.30. The Kier molecular flexibility index (Phi) is 7.80. The van der Waals surface area contributed by atoms with Crippen molar-refractivity contribution in [2.45, 2.75) is 44.4 Å². The summed E-state index contributed by atoms with van der Waals surface area (Å²) in [6.45, 7) is 1.33. The van der Waals surface area contributed by atoms with Crippen LogP contribution in [-0.4, -0.2) is 47.6 Å². The number of carbonyl (C=O) groups excluding carboxylic acids is 5. The molecule has 9 heteroatoms. The molecule has 1 heterocycles. The Labute approximate surface area is 249 Å². The average Bonchev–Trinajstić information content (AvgIpc) is 3.26. The van der Waals surface area contributed by atoms with Crippen LogP contribution in [-0.2, 0) is 28.7 Å². The topological polar surface area (TPSA) is 122 Å². The van der Waals surface area contributed by atoms with Crippen LogP contribution in [0.5, 0.6) is 0 Å². The lowest BCUT2D eigenvalue weighted by molar-refractivity contribution is -0.147. The molecule has 4 aliphatic rings. The number of nitrogens with one attached hydrogen (secondary N) is 2. The number of benzene rings is 3. The Morgan fingerprint density at radius 3 is 1.67 bits per heavy atom. The number of amides is 4.